The zero-order valence-electron chi connectivity index (χ0n) is 18.9. The van der Waals surface area contributed by atoms with Gasteiger partial charge in [0.25, 0.3) is 0 Å². The quantitative estimate of drug-likeness (QED) is 0.493. The number of hydrogen-bond acceptors (Lipinski definition) is 7. The molecule has 31 heavy (non-hydrogen) atoms. The predicted octanol–water partition coefficient (Wildman–Crippen LogP) is 4.02. The van der Waals surface area contributed by atoms with Gasteiger partial charge in [0.05, 0.1) is 33.5 Å². The number of esters is 1. The molecule has 1 atom stereocenters. The first-order valence-electron chi connectivity index (χ1n) is 10.7. The number of unbranched alkanes of at least 4 members (excludes halogenated alkanes) is 1. The van der Waals surface area contributed by atoms with E-state index in [0.717, 1.165) is 36.9 Å². The summed E-state index contributed by atoms with van der Waals surface area (Å²) in [6.07, 6.45) is 3.72. The largest absolute Gasteiger partial charge is 0.493 e. The second kappa shape index (κ2) is 9.90. The molecule has 0 bridgehead atoms. The summed E-state index contributed by atoms with van der Waals surface area (Å²) < 4.78 is 22.0. The Hall–Kier alpha value is -2.96. The van der Waals surface area contributed by atoms with Gasteiger partial charge in [-0.15, -0.1) is 0 Å². The van der Waals surface area contributed by atoms with Gasteiger partial charge in [-0.05, 0) is 43.9 Å². The van der Waals surface area contributed by atoms with Gasteiger partial charge in [-0.1, -0.05) is 13.3 Å². The number of dihydropyridines is 1. The molecule has 1 aliphatic carbocycles. The SMILES string of the molecule is CCCCOC(=O)C1=C(C)NC2=C(C(=O)CCC2)C1c1cc(OC)c(OC)c(OC)c1. The first-order chi connectivity index (χ1) is 15.0. The predicted molar refractivity (Wildman–Crippen MR) is 116 cm³/mol. The van der Waals surface area contributed by atoms with Crippen LogP contribution in [0.25, 0.3) is 0 Å². The molecule has 3 rings (SSSR count). The van der Waals surface area contributed by atoms with Crippen molar-refractivity contribution in [1.29, 1.82) is 0 Å². The van der Waals surface area contributed by atoms with Crippen molar-refractivity contribution < 1.29 is 28.5 Å². The van der Waals surface area contributed by atoms with Crippen LogP contribution in [0.15, 0.2) is 34.7 Å². The third-order valence-corrected chi connectivity index (χ3v) is 5.75. The average Bonchev–Trinajstić information content (AvgIpc) is 2.77. The summed E-state index contributed by atoms with van der Waals surface area (Å²) in [5.41, 5.74) is 3.36. The number of methoxy groups -OCH3 is 3. The van der Waals surface area contributed by atoms with E-state index < -0.39 is 11.9 Å². The molecule has 0 amide bonds. The first kappa shape index (κ1) is 22.7. The van der Waals surface area contributed by atoms with Gasteiger partial charge in [0.1, 0.15) is 0 Å². The van der Waals surface area contributed by atoms with Crippen molar-refractivity contribution >= 4 is 11.8 Å². The highest BCUT2D eigenvalue weighted by atomic mass is 16.5. The molecular formula is C24H31NO6. The van der Waals surface area contributed by atoms with Crippen LogP contribution in [0.2, 0.25) is 0 Å². The third kappa shape index (κ3) is 4.40. The van der Waals surface area contributed by atoms with E-state index in [9.17, 15) is 9.59 Å². The molecule has 1 aliphatic heterocycles. The highest BCUT2D eigenvalue weighted by molar-refractivity contribution is 6.03. The van der Waals surface area contributed by atoms with Crippen LogP contribution in [0.5, 0.6) is 17.2 Å². The molecule has 2 aliphatic rings. The maximum atomic E-state index is 13.1. The van der Waals surface area contributed by atoms with Gasteiger partial charge >= 0.3 is 5.97 Å². The lowest BCUT2D eigenvalue weighted by molar-refractivity contribution is -0.139. The minimum Gasteiger partial charge on any atom is -0.493 e. The van der Waals surface area contributed by atoms with E-state index in [1.165, 1.54) is 7.11 Å². The molecule has 0 saturated carbocycles. The highest BCUT2D eigenvalue weighted by Gasteiger charge is 2.39. The fraction of sp³-hybridized carbons (Fsp3) is 0.500. The van der Waals surface area contributed by atoms with Crippen molar-refractivity contribution in [3.05, 3.63) is 40.2 Å². The van der Waals surface area contributed by atoms with Gasteiger partial charge in [-0.3, -0.25) is 4.79 Å². The molecule has 1 aromatic rings. The van der Waals surface area contributed by atoms with Gasteiger partial charge in [-0.25, -0.2) is 4.79 Å². The minimum atomic E-state index is -0.563. The van der Waals surface area contributed by atoms with Crippen LogP contribution >= 0.6 is 0 Å². The molecule has 0 fully saturated rings. The van der Waals surface area contributed by atoms with Crippen molar-refractivity contribution in [2.75, 3.05) is 27.9 Å². The van der Waals surface area contributed by atoms with Crippen LogP contribution < -0.4 is 19.5 Å². The molecule has 0 spiro atoms. The fourth-order valence-electron chi connectivity index (χ4n) is 4.24. The van der Waals surface area contributed by atoms with Gasteiger partial charge in [0.2, 0.25) is 5.75 Å². The standard InChI is InChI=1S/C24H31NO6/c1-6-7-11-31-24(27)20-14(2)25-16-9-8-10-17(26)22(16)21(20)15-12-18(28-3)23(30-5)19(13-15)29-4/h12-13,21,25H,6-11H2,1-5H3. The molecule has 1 N–H and O–H groups in total. The maximum absolute atomic E-state index is 13.1. The Bertz CT molecular complexity index is 905. The summed E-state index contributed by atoms with van der Waals surface area (Å²) in [5.74, 6) is 0.460. The maximum Gasteiger partial charge on any atom is 0.336 e. The van der Waals surface area contributed by atoms with Crippen LogP contribution in [-0.2, 0) is 14.3 Å². The summed E-state index contributed by atoms with van der Waals surface area (Å²) in [6.45, 7) is 4.23. The Morgan fingerprint density at radius 1 is 1.10 bits per heavy atom. The zero-order chi connectivity index (χ0) is 22.5. The number of hydrogen-bond donors (Lipinski definition) is 1. The van der Waals surface area contributed by atoms with Gasteiger partial charge in [-0.2, -0.15) is 0 Å². The summed E-state index contributed by atoms with van der Waals surface area (Å²) in [7, 11) is 4.62. The molecule has 0 aromatic heterocycles. The normalized spacial score (nSPS) is 18.4. The summed E-state index contributed by atoms with van der Waals surface area (Å²) in [4.78, 5) is 26.2. The number of ether oxygens (including phenoxy) is 4. The van der Waals surface area contributed by atoms with E-state index in [1.54, 1.807) is 26.4 Å². The Morgan fingerprint density at radius 2 is 1.77 bits per heavy atom. The van der Waals surface area contributed by atoms with Crippen molar-refractivity contribution in [3.8, 4) is 17.2 Å². The number of allylic oxidation sites excluding steroid dienone is 3. The average molecular weight is 430 g/mol. The second-order valence-electron chi connectivity index (χ2n) is 7.71. The highest BCUT2D eigenvalue weighted by Crippen LogP contribution is 2.47. The van der Waals surface area contributed by atoms with Crippen LogP contribution in [0.1, 0.15) is 57.4 Å². The van der Waals surface area contributed by atoms with Crippen LogP contribution in [-0.4, -0.2) is 39.7 Å². The van der Waals surface area contributed by atoms with E-state index in [-0.39, 0.29) is 5.78 Å². The molecular weight excluding hydrogens is 398 g/mol. The third-order valence-electron chi connectivity index (χ3n) is 5.75. The molecule has 1 unspecified atom stereocenters. The molecule has 0 radical (unpaired) electrons. The van der Waals surface area contributed by atoms with E-state index in [1.807, 2.05) is 13.8 Å². The number of nitrogens with one attached hydrogen (secondary N) is 1. The Morgan fingerprint density at radius 3 is 2.35 bits per heavy atom. The lowest BCUT2D eigenvalue weighted by atomic mass is 9.75. The Balaban J connectivity index is 2.17. The van der Waals surface area contributed by atoms with Crippen molar-refractivity contribution in [1.82, 2.24) is 5.32 Å². The second-order valence-corrected chi connectivity index (χ2v) is 7.71. The minimum absolute atomic E-state index is 0.0406. The molecule has 7 heteroatoms. The van der Waals surface area contributed by atoms with Crippen LogP contribution in [0, 0.1) is 0 Å². The summed E-state index contributed by atoms with van der Waals surface area (Å²) >= 11 is 0. The van der Waals surface area contributed by atoms with E-state index in [2.05, 4.69) is 5.32 Å². The number of ketones is 1. The lowest BCUT2D eigenvalue weighted by Gasteiger charge is -2.34. The van der Waals surface area contributed by atoms with Gasteiger partial charge in [0.15, 0.2) is 17.3 Å². The zero-order valence-corrected chi connectivity index (χ0v) is 18.9. The molecule has 1 aromatic carbocycles. The number of rotatable bonds is 8. The van der Waals surface area contributed by atoms with Crippen LogP contribution in [0.4, 0.5) is 0 Å². The Labute approximate surface area is 183 Å². The van der Waals surface area contributed by atoms with Gasteiger partial charge in [0, 0.05) is 29.3 Å². The van der Waals surface area contributed by atoms with E-state index in [0.29, 0.717) is 47.1 Å². The van der Waals surface area contributed by atoms with Gasteiger partial charge < -0.3 is 24.3 Å². The lowest BCUT2D eigenvalue weighted by Crippen LogP contribution is -2.34. The smallest absolute Gasteiger partial charge is 0.336 e. The van der Waals surface area contributed by atoms with E-state index in [4.69, 9.17) is 18.9 Å². The number of Topliss-reactive ketones (excluding diaryl/α,β-unsaturated/α-hetero) is 1. The summed E-state index contributed by atoms with van der Waals surface area (Å²) in [5, 5.41) is 3.30. The topological polar surface area (TPSA) is 83.1 Å². The van der Waals surface area contributed by atoms with Crippen molar-refractivity contribution in [2.45, 2.75) is 51.9 Å². The summed E-state index contributed by atoms with van der Waals surface area (Å²) in [6, 6.07) is 3.60. The Kier molecular flexibility index (Phi) is 7.25. The molecule has 168 valence electrons. The first-order valence-corrected chi connectivity index (χ1v) is 10.7. The van der Waals surface area contributed by atoms with Crippen molar-refractivity contribution in [3.63, 3.8) is 0 Å². The monoisotopic (exact) mass is 429 g/mol. The molecule has 1 heterocycles. The van der Waals surface area contributed by atoms with Crippen molar-refractivity contribution in [2.24, 2.45) is 0 Å². The van der Waals surface area contributed by atoms with Crippen LogP contribution in [0.3, 0.4) is 0 Å². The fourth-order valence-corrected chi connectivity index (χ4v) is 4.24. The number of benzene rings is 1. The number of carbonyl (C=O) groups is 2. The molecule has 0 saturated heterocycles. The van der Waals surface area contributed by atoms with E-state index >= 15 is 0 Å². The number of carbonyl (C=O) groups excluding carboxylic acids is 2. The molecule has 7 nitrogen and oxygen atoms in total.